The van der Waals surface area contributed by atoms with Gasteiger partial charge in [-0.15, -0.1) is 0 Å². The van der Waals surface area contributed by atoms with Gasteiger partial charge in [-0.3, -0.25) is 9.97 Å². The van der Waals surface area contributed by atoms with E-state index >= 15 is 0 Å². The van der Waals surface area contributed by atoms with Crippen LogP contribution in [0.1, 0.15) is 5.69 Å². The number of aromatic amines is 1. The number of H-pyrrole nitrogens is 1. The summed E-state index contributed by atoms with van der Waals surface area (Å²) < 4.78 is 1.98. The molecule has 0 fully saturated rings. The largest absolute Gasteiger partial charge is 0.265 e. The summed E-state index contributed by atoms with van der Waals surface area (Å²) >= 11 is 5.18. The molecule has 3 aromatic rings. The van der Waals surface area contributed by atoms with E-state index in [1.165, 1.54) is 0 Å². The molecule has 0 radical (unpaired) electrons. The van der Waals surface area contributed by atoms with Crippen LogP contribution in [0.4, 0.5) is 0 Å². The summed E-state index contributed by atoms with van der Waals surface area (Å²) in [6.45, 7) is 0. The second kappa shape index (κ2) is 5.54. The van der Waals surface area contributed by atoms with Crippen molar-refractivity contribution in [3.63, 3.8) is 0 Å². The van der Waals surface area contributed by atoms with Crippen LogP contribution in [0.15, 0.2) is 54.0 Å². The van der Waals surface area contributed by atoms with Gasteiger partial charge in [-0.05, 0) is 36.5 Å². The SMILES string of the molecule is S=c1[nH]nc(-c2ccncc2)n1/N=C/c1ccccn1. The Bertz CT molecular complexity index is 775. The van der Waals surface area contributed by atoms with Crippen LogP contribution in [-0.2, 0) is 0 Å². The lowest BCUT2D eigenvalue weighted by Crippen LogP contribution is -1.96. The van der Waals surface area contributed by atoms with E-state index in [1.54, 1.807) is 29.5 Å². The smallest absolute Gasteiger partial charge is 0.216 e. The first-order valence-electron chi connectivity index (χ1n) is 5.88. The molecule has 0 saturated carbocycles. The lowest BCUT2D eigenvalue weighted by atomic mass is 10.2. The Hall–Kier alpha value is -2.67. The number of rotatable bonds is 3. The van der Waals surface area contributed by atoms with Crippen LogP contribution in [0.5, 0.6) is 0 Å². The summed E-state index contributed by atoms with van der Waals surface area (Å²) in [5.41, 5.74) is 1.63. The van der Waals surface area contributed by atoms with Crippen LogP contribution in [0.25, 0.3) is 11.4 Å². The maximum Gasteiger partial charge on any atom is 0.216 e. The second-order valence-electron chi connectivity index (χ2n) is 3.90. The van der Waals surface area contributed by atoms with E-state index in [-0.39, 0.29) is 0 Å². The lowest BCUT2D eigenvalue weighted by molar-refractivity contribution is 0.870. The molecule has 0 amide bonds. The quantitative estimate of drug-likeness (QED) is 0.591. The maximum absolute atomic E-state index is 5.18. The Morgan fingerprint density at radius 2 is 2.00 bits per heavy atom. The van der Waals surface area contributed by atoms with E-state index in [2.05, 4.69) is 25.3 Å². The molecule has 3 heterocycles. The maximum atomic E-state index is 5.18. The molecule has 1 N–H and O–H groups in total. The number of nitrogens with one attached hydrogen (secondary N) is 1. The van der Waals surface area contributed by atoms with Crippen molar-refractivity contribution >= 4 is 18.4 Å². The van der Waals surface area contributed by atoms with Gasteiger partial charge < -0.3 is 0 Å². The molecular weight excluding hydrogens is 272 g/mol. The standard InChI is InChI=1S/C13H10N6S/c20-13-18-17-12(10-4-7-14-8-5-10)19(13)16-9-11-3-1-2-6-15-11/h1-9H,(H,18,20)/b16-9+. The Labute approximate surface area is 119 Å². The van der Waals surface area contributed by atoms with Crippen LogP contribution in [0.3, 0.4) is 0 Å². The highest BCUT2D eigenvalue weighted by atomic mass is 32.1. The van der Waals surface area contributed by atoms with Crippen LogP contribution >= 0.6 is 12.2 Å². The van der Waals surface area contributed by atoms with Gasteiger partial charge in [0.05, 0.1) is 11.9 Å². The molecule has 6 nitrogen and oxygen atoms in total. The molecule has 0 spiro atoms. The van der Waals surface area contributed by atoms with E-state index in [0.717, 1.165) is 11.3 Å². The van der Waals surface area contributed by atoms with Crippen molar-refractivity contribution in [3.8, 4) is 11.4 Å². The molecule has 0 aliphatic heterocycles. The molecule has 7 heteroatoms. The van der Waals surface area contributed by atoms with Gasteiger partial charge in [0.25, 0.3) is 0 Å². The summed E-state index contributed by atoms with van der Waals surface area (Å²) in [5.74, 6) is 0.629. The second-order valence-corrected chi connectivity index (χ2v) is 4.29. The van der Waals surface area contributed by atoms with Crippen LogP contribution < -0.4 is 0 Å². The predicted octanol–water partition coefficient (Wildman–Crippen LogP) is 2.28. The monoisotopic (exact) mass is 282 g/mol. The Morgan fingerprint density at radius 3 is 2.75 bits per heavy atom. The number of nitrogens with zero attached hydrogens (tertiary/aromatic N) is 5. The first-order chi connectivity index (χ1) is 9.84. The third-order valence-electron chi connectivity index (χ3n) is 2.58. The van der Waals surface area contributed by atoms with Crippen molar-refractivity contribution < 1.29 is 0 Å². The fourth-order valence-electron chi connectivity index (χ4n) is 1.66. The first-order valence-corrected chi connectivity index (χ1v) is 6.28. The average Bonchev–Trinajstić information content (AvgIpc) is 2.88. The van der Waals surface area contributed by atoms with Gasteiger partial charge in [-0.2, -0.15) is 14.9 Å². The van der Waals surface area contributed by atoms with E-state index < -0.39 is 0 Å². The molecule has 0 atom stereocenters. The molecule has 3 aromatic heterocycles. The van der Waals surface area contributed by atoms with Crippen molar-refractivity contribution in [1.82, 2.24) is 24.8 Å². The molecule has 98 valence electrons. The summed E-state index contributed by atoms with van der Waals surface area (Å²) in [6, 6.07) is 9.30. The van der Waals surface area contributed by atoms with Crippen LogP contribution in [0.2, 0.25) is 0 Å². The average molecular weight is 282 g/mol. The molecule has 20 heavy (non-hydrogen) atoms. The van der Waals surface area contributed by atoms with Crippen molar-refractivity contribution in [2.45, 2.75) is 0 Å². The third kappa shape index (κ3) is 2.52. The van der Waals surface area contributed by atoms with Gasteiger partial charge >= 0.3 is 0 Å². The summed E-state index contributed by atoms with van der Waals surface area (Å²) in [4.78, 5) is 8.15. The molecule has 0 aromatic carbocycles. The van der Waals surface area contributed by atoms with Crippen molar-refractivity contribution in [1.29, 1.82) is 0 Å². The van der Waals surface area contributed by atoms with Gasteiger partial charge in [0.15, 0.2) is 5.82 Å². The molecule has 0 aliphatic rings. The van der Waals surface area contributed by atoms with Gasteiger partial charge in [0.2, 0.25) is 4.77 Å². The lowest BCUT2D eigenvalue weighted by Gasteiger charge is -1.99. The first kappa shape index (κ1) is 12.4. The minimum atomic E-state index is 0.420. The van der Waals surface area contributed by atoms with E-state index in [0.29, 0.717) is 10.6 Å². The molecule has 0 bridgehead atoms. The molecule has 0 aliphatic carbocycles. The summed E-state index contributed by atoms with van der Waals surface area (Å²) in [6.07, 6.45) is 6.73. The zero-order valence-corrected chi connectivity index (χ0v) is 11.2. The Kier molecular flexibility index (Phi) is 3.42. The number of hydrogen-bond donors (Lipinski definition) is 1. The van der Waals surface area contributed by atoms with Gasteiger partial charge in [-0.1, -0.05) is 6.07 Å². The molecule has 0 saturated heterocycles. The number of pyridine rings is 2. The predicted molar refractivity (Wildman–Crippen MR) is 77.9 cm³/mol. The Morgan fingerprint density at radius 1 is 1.15 bits per heavy atom. The zero-order chi connectivity index (χ0) is 13.8. The van der Waals surface area contributed by atoms with E-state index in [4.69, 9.17) is 12.2 Å². The van der Waals surface area contributed by atoms with E-state index in [9.17, 15) is 0 Å². The minimum Gasteiger partial charge on any atom is -0.265 e. The van der Waals surface area contributed by atoms with Crippen molar-refractivity contribution in [3.05, 3.63) is 59.4 Å². The van der Waals surface area contributed by atoms with Crippen LogP contribution in [0, 0.1) is 4.77 Å². The third-order valence-corrected chi connectivity index (χ3v) is 2.85. The normalized spacial score (nSPS) is 11.0. The fourth-order valence-corrected chi connectivity index (χ4v) is 1.84. The Balaban J connectivity index is 2.01. The van der Waals surface area contributed by atoms with E-state index in [1.807, 2.05) is 30.3 Å². The fraction of sp³-hybridized carbons (Fsp3) is 0. The van der Waals surface area contributed by atoms with Gasteiger partial charge in [0.1, 0.15) is 0 Å². The summed E-state index contributed by atoms with van der Waals surface area (Å²) in [5, 5.41) is 11.2. The van der Waals surface area contributed by atoms with Crippen molar-refractivity contribution in [2.24, 2.45) is 5.10 Å². The number of hydrogen-bond acceptors (Lipinski definition) is 5. The highest BCUT2D eigenvalue weighted by Crippen LogP contribution is 2.15. The van der Waals surface area contributed by atoms with Gasteiger partial charge in [-0.25, -0.2) is 5.10 Å². The van der Waals surface area contributed by atoms with Crippen LogP contribution in [-0.4, -0.2) is 31.1 Å². The highest BCUT2D eigenvalue weighted by Gasteiger charge is 2.07. The number of aromatic nitrogens is 5. The molecule has 0 unspecified atom stereocenters. The summed E-state index contributed by atoms with van der Waals surface area (Å²) in [7, 11) is 0. The topological polar surface area (TPSA) is 71.8 Å². The van der Waals surface area contributed by atoms with Crippen molar-refractivity contribution in [2.75, 3.05) is 0 Å². The minimum absolute atomic E-state index is 0.420. The zero-order valence-electron chi connectivity index (χ0n) is 10.3. The van der Waals surface area contributed by atoms with Gasteiger partial charge in [0, 0.05) is 24.2 Å². The molecular formula is C13H10N6S. The highest BCUT2D eigenvalue weighted by molar-refractivity contribution is 7.71. The molecule has 3 rings (SSSR count).